The van der Waals surface area contributed by atoms with Gasteiger partial charge in [-0.15, -0.1) is 0 Å². The number of benzene rings is 2. The fourth-order valence-electron chi connectivity index (χ4n) is 2.49. The predicted octanol–water partition coefficient (Wildman–Crippen LogP) is 4.86. The quantitative estimate of drug-likeness (QED) is 0.527. The van der Waals surface area contributed by atoms with E-state index in [1.807, 2.05) is 41.1 Å². The topological polar surface area (TPSA) is 30.2 Å². The van der Waals surface area contributed by atoms with Gasteiger partial charge >= 0.3 is 0 Å². The Kier molecular flexibility index (Phi) is 3.32. The minimum Gasteiger partial charge on any atom is -0.303 e. The average molecular weight is 324 g/mol. The van der Waals surface area contributed by atoms with Crippen LogP contribution in [0.25, 0.3) is 28.2 Å². The molecule has 5 heteroatoms. The Morgan fingerprint density at radius 2 is 1.61 bits per heavy atom. The van der Waals surface area contributed by atoms with Crippen LogP contribution in [0.5, 0.6) is 0 Å². The number of aromatic nitrogens is 3. The molecule has 4 aromatic rings. The molecule has 0 aliphatic carbocycles. The molecule has 0 amide bonds. The maximum absolute atomic E-state index is 13.2. The molecular weight excluding hydrogens is 313 g/mol. The number of rotatable bonds is 2. The smallest absolute Gasteiger partial charge is 0.163 e. The van der Waals surface area contributed by atoms with Gasteiger partial charge in [0.05, 0.1) is 5.69 Å². The van der Waals surface area contributed by atoms with Gasteiger partial charge < -0.3 is 4.40 Å². The van der Waals surface area contributed by atoms with Crippen molar-refractivity contribution in [2.45, 2.75) is 0 Å². The number of hydrogen-bond donors (Lipinski definition) is 0. The standard InChI is InChI=1S/C18H11ClFN3/c19-14-5-1-12(2-6-14)16-11-23-10-9-21-18(23)17(22-16)13-3-7-15(20)8-4-13/h1-11H. The fraction of sp³-hybridized carbons (Fsp3) is 0. The van der Waals surface area contributed by atoms with Crippen molar-refractivity contribution in [2.75, 3.05) is 0 Å². The van der Waals surface area contributed by atoms with E-state index < -0.39 is 0 Å². The molecule has 0 radical (unpaired) electrons. The van der Waals surface area contributed by atoms with Crippen molar-refractivity contribution in [3.05, 3.63) is 78.0 Å². The average Bonchev–Trinajstić information content (AvgIpc) is 3.04. The molecule has 0 saturated carbocycles. The lowest BCUT2D eigenvalue weighted by molar-refractivity contribution is 0.628. The van der Waals surface area contributed by atoms with Crippen LogP contribution in [0.4, 0.5) is 4.39 Å². The number of imidazole rings is 1. The van der Waals surface area contributed by atoms with Gasteiger partial charge in [-0.1, -0.05) is 23.7 Å². The summed E-state index contributed by atoms with van der Waals surface area (Å²) in [5.74, 6) is -0.276. The van der Waals surface area contributed by atoms with E-state index in [1.54, 1.807) is 18.3 Å². The van der Waals surface area contributed by atoms with Crippen molar-refractivity contribution < 1.29 is 4.39 Å². The van der Waals surface area contributed by atoms with E-state index in [1.165, 1.54) is 12.1 Å². The zero-order valence-corrected chi connectivity index (χ0v) is 12.7. The number of nitrogens with zero attached hydrogens (tertiary/aromatic N) is 3. The van der Waals surface area contributed by atoms with E-state index in [4.69, 9.17) is 16.6 Å². The first-order valence-corrected chi connectivity index (χ1v) is 7.44. The molecule has 0 unspecified atom stereocenters. The lowest BCUT2D eigenvalue weighted by atomic mass is 10.1. The van der Waals surface area contributed by atoms with E-state index in [9.17, 15) is 4.39 Å². The Morgan fingerprint density at radius 1 is 0.913 bits per heavy atom. The fourth-order valence-corrected chi connectivity index (χ4v) is 2.62. The van der Waals surface area contributed by atoms with Crippen molar-refractivity contribution in [1.29, 1.82) is 0 Å². The molecule has 4 rings (SSSR count). The van der Waals surface area contributed by atoms with Gasteiger partial charge in [-0.2, -0.15) is 0 Å². The molecule has 2 aromatic heterocycles. The Balaban J connectivity index is 1.94. The van der Waals surface area contributed by atoms with E-state index in [0.29, 0.717) is 10.7 Å². The highest BCUT2D eigenvalue weighted by molar-refractivity contribution is 6.30. The third-order valence-electron chi connectivity index (χ3n) is 3.63. The third kappa shape index (κ3) is 2.58. The summed E-state index contributed by atoms with van der Waals surface area (Å²) in [6, 6.07) is 13.7. The lowest BCUT2D eigenvalue weighted by Crippen LogP contribution is -1.96. The number of fused-ring (bicyclic) bond motifs is 1. The largest absolute Gasteiger partial charge is 0.303 e. The van der Waals surface area contributed by atoms with Gasteiger partial charge in [0.1, 0.15) is 11.5 Å². The summed E-state index contributed by atoms with van der Waals surface area (Å²) >= 11 is 5.95. The van der Waals surface area contributed by atoms with Crippen LogP contribution in [0.3, 0.4) is 0 Å². The van der Waals surface area contributed by atoms with Gasteiger partial charge in [-0.05, 0) is 36.4 Å². The summed E-state index contributed by atoms with van der Waals surface area (Å²) in [6.45, 7) is 0. The van der Waals surface area contributed by atoms with Gasteiger partial charge in [0, 0.05) is 34.7 Å². The van der Waals surface area contributed by atoms with Crippen molar-refractivity contribution >= 4 is 17.2 Å². The Bertz CT molecular complexity index is 976. The first-order chi connectivity index (χ1) is 11.2. The van der Waals surface area contributed by atoms with Crippen molar-refractivity contribution in [1.82, 2.24) is 14.4 Å². The molecule has 0 fully saturated rings. The van der Waals surface area contributed by atoms with Crippen molar-refractivity contribution in [3.63, 3.8) is 0 Å². The van der Waals surface area contributed by atoms with Gasteiger partial charge in [-0.25, -0.2) is 14.4 Å². The second kappa shape index (κ2) is 5.48. The van der Waals surface area contributed by atoms with Gasteiger partial charge in [0.2, 0.25) is 0 Å². The minimum atomic E-state index is -0.276. The highest BCUT2D eigenvalue weighted by atomic mass is 35.5. The van der Waals surface area contributed by atoms with Gasteiger partial charge in [-0.3, -0.25) is 0 Å². The highest BCUT2D eigenvalue weighted by Crippen LogP contribution is 2.27. The van der Waals surface area contributed by atoms with Crippen LogP contribution in [0.1, 0.15) is 0 Å². The number of halogens is 2. The summed E-state index contributed by atoms with van der Waals surface area (Å²) in [6.07, 6.45) is 5.50. The first-order valence-electron chi connectivity index (χ1n) is 7.06. The first kappa shape index (κ1) is 13.9. The van der Waals surface area contributed by atoms with Crippen LogP contribution in [0.2, 0.25) is 5.02 Å². The van der Waals surface area contributed by atoms with Crippen LogP contribution < -0.4 is 0 Å². The Labute approximate surface area is 137 Å². The number of hydrogen-bond acceptors (Lipinski definition) is 2. The SMILES string of the molecule is Fc1ccc(-c2nc(-c3ccc(Cl)cc3)cn3ccnc23)cc1. The predicted molar refractivity (Wildman–Crippen MR) is 88.8 cm³/mol. The molecular formula is C18H11ClFN3. The molecule has 0 atom stereocenters. The molecule has 0 N–H and O–H groups in total. The van der Waals surface area contributed by atoms with Gasteiger partial charge in [0.15, 0.2) is 5.65 Å². The van der Waals surface area contributed by atoms with Crippen LogP contribution in [-0.2, 0) is 0 Å². The Hall–Kier alpha value is -2.72. The van der Waals surface area contributed by atoms with Crippen LogP contribution in [-0.4, -0.2) is 14.4 Å². The monoisotopic (exact) mass is 323 g/mol. The summed E-state index contributed by atoms with van der Waals surface area (Å²) in [5.41, 5.74) is 4.01. The van der Waals surface area contributed by atoms with Crippen LogP contribution >= 0.6 is 11.6 Å². The van der Waals surface area contributed by atoms with E-state index in [0.717, 1.165) is 22.5 Å². The molecule has 3 nitrogen and oxygen atoms in total. The second-order valence-corrected chi connectivity index (χ2v) is 5.58. The molecule has 0 aliphatic rings. The van der Waals surface area contributed by atoms with Crippen molar-refractivity contribution in [3.8, 4) is 22.5 Å². The molecule has 23 heavy (non-hydrogen) atoms. The maximum Gasteiger partial charge on any atom is 0.163 e. The second-order valence-electron chi connectivity index (χ2n) is 5.15. The molecule has 2 heterocycles. The summed E-state index contributed by atoms with van der Waals surface area (Å²) < 4.78 is 15.1. The van der Waals surface area contributed by atoms with E-state index in [2.05, 4.69) is 4.98 Å². The van der Waals surface area contributed by atoms with Gasteiger partial charge in [0.25, 0.3) is 0 Å². The van der Waals surface area contributed by atoms with Crippen LogP contribution in [0, 0.1) is 5.82 Å². The van der Waals surface area contributed by atoms with E-state index in [-0.39, 0.29) is 5.82 Å². The lowest BCUT2D eigenvalue weighted by Gasteiger charge is -2.08. The summed E-state index contributed by atoms with van der Waals surface area (Å²) in [7, 11) is 0. The molecule has 0 spiro atoms. The molecule has 112 valence electrons. The normalized spacial score (nSPS) is 11.0. The maximum atomic E-state index is 13.2. The Morgan fingerprint density at radius 3 is 2.35 bits per heavy atom. The zero-order valence-electron chi connectivity index (χ0n) is 11.9. The summed E-state index contributed by atoms with van der Waals surface area (Å²) in [5, 5.41) is 0.677. The summed E-state index contributed by atoms with van der Waals surface area (Å²) in [4.78, 5) is 9.08. The van der Waals surface area contributed by atoms with Crippen molar-refractivity contribution in [2.24, 2.45) is 0 Å². The highest BCUT2D eigenvalue weighted by Gasteiger charge is 2.11. The molecule has 2 aromatic carbocycles. The molecule has 0 bridgehead atoms. The molecule has 0 saturated heterocycles. The zero-order chi connectivity index (χ0) is 15.8. The minimum absolute atomic E-state index is 0.276. The third-order valence-corrected chi connectivity index (χ3v) is 3.88. The molecule has 0 aliphatic heterocycles. The van der Waals surface area contributed by atoms with E-state index >= 15 is 0 Å². The van der Waals surface area contributed by atoms with Crippen LogP contribution in [0.15, 0.2) is 67.1 Å².